The van der Waals surface area contributed by atoms with Crippen LogP contribution in [-0.2, 0) is 4.74 Å². The van der Waals surface area contributed by atoms with Crippen molar-refractivity contribution in [2.75, 3.05) is 13.2 Å². The van der Waals surface area contributed by atoms with Crippen LogP contribution in [0.2, 0.25) is 0 Å². The number of rotatable bonds is 2. The van der Waals surface area contributed by atoms with Crippen molar-refractivity contribution in [2.45, 2.75) is 18.9 Å². The third-order valence-corrected chi connectivity index (χ3v) is 3.50. The fraction of sp³-hybridized carbons (Fsp3) is 0.500. The molecule has 0 aromatic heterocycles. The van der Waals surface area contributed by atoms with Gasteiger partial charge < -0.3 is 10.5 Å². The van der Waals surface area contributed by atoms with Gasteiger partial charge in [0.05, 0.1) is 0 Å². The molecule has 1 aromatic rings. The molecule has 0 spiro atoms. The third kappa shape index (κ3) is 2.80. The molecule has 0 aliphatic carbocycles. The van der Waals surface area contributed by atoms with Crippen LogP contribution in [0, 0.1) is 5.92 Å². The van der Waals surface area contributed by atoms with Crippen LogP contribution in [-0.4, -0.2) is 13.2 Å². The Labute approximate surface area is 98.9 Å². The Bertz CT molecular complexity index is 323. The monoisotopic (exact) mass is 269 g/mol. The summed E-state index contributed by atoms with van der Waals surface area (Å²) in [5.41, 5.74) is 7.48. The summed E-state index contributed by atoms with van der Waals surface area (Å²) in [6.45, 7) is 1.71. The summed E-state index contributed by atoms with van der Waals surface area (Å²) in [6.07, 6.45) is 2.15. The van der Waals surface area contributed by atoms with E-state index in [1.807, 2.05) is 12.1 Å². The van der Waals surface area contributed by atoms with E-state index in [9.17, 15) is 0 Å². The zero-order valence-corrected chi connectivity index (χ0v) is 10.2. The average molecular weight is 270 g/mol. The van der Waals surface area contributed by atoms with E-state index in [2.05, 4.69) is 28.1 Å². The molecule has 0 saturated carbocycles. The van der Waals surface area contributed by atoms with Crippen LogP contribution >= 0.6 is 15.9 Å². The molecule has 0 bridgehead atoms. The van der Waals surface area contributed by atoms with Crippen LogP contribution < -0.4 is 5.73 Å². The SMILES string of the molecule is NC(c1cccc(Br)c1)C1CCOCC1. The lowest BCUT2D eigenvalue weighted by Crippen LogP contribution is -2.27. The average Bonchev–Trinajstić information content (AvgIpc) is 2.29. The molecule has 1 saturated heterocycles. The lowest BCUT2D eigenvalue weighted by atomic mass is 9.88. The molecule has 1 aromatic carbocycles. The summed E-state index contributed by atoms with van der Waals surface area (Å²) in [4.78, 5) is 0. The minimum absolute atomic E-state index is 0.145. The second-order valence-electron chi connectivity index (χ2n) is 4.03. The van der Waals surface area contributed by atoms with Gasteiger partial charge in [-0.1, -0.05) is 28.1 Å². The first-order valence-electron chi connectivity index (χ1n) is 5.36. The predicted octanol–water partition coefficient (Wildman–Crippen LogP) is 2.88. The van der Waals surface area contributed by atoms with Crippen LogP contribution in [0.3, 0.4) is 0 Å². The topological polar surface area (TPSA) is 35.2 Å². The quantitative estimate of drug-likeness (QED) is 0.896. The molecule has 2 nitrogen and oxygen atoms in total. The Hall–Kier alpha value is -0.380. The minimum atomic E-state index is 0.145. The fourth-order valence-corrected chi connectivity index (χ4v) is 2.48. The van der Waals surface area contributed by atoms with E-state index in [1.165, 1.54) is 5.56 Å². The standard InChI is InChI=1S/C12H16BrNO/c13-11-3-1-2-10(8-11)12(14)9-4-6-15-7-5-9/h1-3,8-9,12H,4-7,14H2. The van der Waals surface area contributed by atoms with Gasteiger partial charge in [0, 0.05) is 23.7 Å². The molecule has 1 aliphatic heterocycles. The van der Waals surface area contributed by atoms with Crippen LogP contribution in [0.25, 0.3) is 0 Å². The molecule has 1 fully saturated rings. The van der Waals surface area contributed by atoms with E-state index in [1.54, 1.807) is 0 Å². The molecule has 1 heterocycles. The smallest absolute Gasteiger partial charge is 0.0469 e. The normalized spacial score (nSPS) is 20.1. The lowest BCUT2D eigenvalue weighted by molar-refractivity contribution is 0.0584. The molecular formula is C12H16BrNO. The van der Waals surface area contributed by atoms with Crippen molar-refractivity contribution >= 4 is 15.9 Å². The van der Waals surface area contributed by atoms with Crippen LogP contribution in [0.1, 0.15) is 24.4 Å². The lowest BCUT2D eigenvalue weighted by Gasteiger charge is -2.27. The van der Waals surface area contributed by atoms with Crippen molar-refractivity contribution in [3.63, 3.8) is 0 Å². The zero-order valence-electron chi connectivity index (χ0n) is 8.66. The van der Waals surface area contributed by atoms with Crippen molar-refractivity contribution in [1.29, 1.82) is 0 Å². The summed E-state index contributed by atoms with van der Waals surface area (Å²) < 4.78 is 6.44. The molecule has 0 radical (unpaired) electrons. The highest BCUT2D eigenvalue weighted by Gasteiger charge is 2.22. The Morgan fingerprint density at radius 2 is 2.07 bits per heavy atom. The largest absolute Gasteiger partial charge is 0.381 e. The zero-order chi connectivity index (χ0) is 10.7. The summed E-state index contributed by atoms with van der Waals surface area (Å²) in [5.74, 6) is 0.563. The number of halogens is 1. The highest BCUT2D eigenvalue weighted by molar-refractivity contribution is 9.10. The Morgan fingerprint density at radius 1 is 1.33 bits per heavy atom. The van der Waals surface area contributed by atoms with E-state index in [4.69, 9.17) is 10.5 Å². The number of hydrogen-bond acceptors (Lipinski definition) is 2. The molecule has 2 rings (SSSR count). The van der Waals surface area contributed by atoms with Gasteiger partial charge in [0.15, 0.2) is 0 Å². The van der Waals surface area contributed by atoms with Crippen LogP contribution in [0.4, 0.5) is 0 Å². The van der Waals surface area contributed by atoms with Crippen LogP contribution in [0.15, 0.2) is 28.7 Å². The van der Waals surface area contributed by atoms with Crippen molar-refractivity contribution in [1.82, 2.24) is 0 Å². The molecule has 1 aliphatic rings. The van der Waals surface area contributed by atoms with Crippen molar-refractivity contribution in [2.24, 2.45) is 11.7 Å². The molecule has 2 N–H and O–H groups in total. The second-order valence-corrected chi connectivity index (χ2v) is 4.95. The molecule has 1 atom stereocenters. The Balaban J connectivity index is 2.08. The van der Waals surface area contributed by atoms with Gasteiger partial charge in [-0.2, -0.15) is 0 Å². The maximum absolute atomic E-state index is 6.26. The Morgan fingerprint density at radius 3 is 2.73 bits per heavy atom. The molecule has 3 heteroatoms. The highest BCUT2D eigenvalue weighted by atomic mass is 79.9. The second kappa shape index (κ2) is 5.10. The fourth-order valence-electron chi connectivity index (χ4n) is 2.06. The van der Waals surface area contributed by atoms with Gasteiger partial charge in [-0.05, 0) is 36.5 Å². The summed E-state index contributed by atoms with van der Waals surface area (Å²) >= 11 is 3.47. The first-order chi connectivity index (χ1) is 7.27. The van der Waals surface area contributed by atoms with Crippen LogP contribution in [0.5, 0.6) is 0 Å². The van der Waals surface area contributed by atoms with Gasteiger partial charge in [-0.3, -0.25) is 0 Å². The van der Waals surface area contributed by atoms with Gasteiger partial charge in [-0.25, -0.2) is 0 Å². The third-order valence-electron chi connectivity index (χ3n) is 3.01. The number of benzene rings is 1. The van der Waals surface area contributed by atoms with Gasteiger partial charge in [0.1, 0.15) is 0 Å². The minimum Gasteiger partial charge on any atom is -0.381 e. The molecule has 82 valence electrons. The van der Waals surface area contributed by atoms with Gasteiger partial charge in [0.25, 0.3) is 0 Å². The molecular weight excluding hydrogens is 254 g/mol. The summed E-state index contributed by atoms with van der Waals surface area (Å²) in [7, 11) is 0. The van der Waals surface area contributed by atoms with E-state index in [0.717, 1.165) is 30.5 Å². The van der Waals surface area contributed by atoms with Gasteiger partial charge in [0.2, 0.25) is 0 Å². The Kier molecular flexibility index (Phi) is 3.78. The van der Waals surface area contributed by atoms with Crippen molar-refractivity contribution in [3.05, 3.63) is 34.3 Å². The van der Waals surface area contributed by atoms with Crippen molar-refractivity contribution < 1.29 is 4.74 Å². The van der Waals surface area contributed by atoms with Gasteiger partial charge in [-0.15, -0.1) is 0 Å². The highest BCUT2D eigenvalue weighted by Crippen LogP contribution is 2.29. The van der Waals surface area contributed by atoms with E-state index in [-0.39, 0.29) is 6.04 Å². The van der Waals surface area contributed by atoms with E-state index in [0.29, 0.717) is 5.92 Å². The summed E-state index contributed by atoms with van der Waals surface area (Å²) in [6, 6.07) is 8.43. The van der Waals surface area contributed by atoms with Gasteiger partial charge >= 0.3 is 0 Å². The number of hydrogen-bond donors (Lipinski definition) is 1. The maximum atomic E-state index is 6.26. The number of nitrogens with two attached hydrogens (primary N) is 1. The van der Waals surface area contributed by atoms with E-state index < -0.39 is 0 Å². The molecule has 1 unspecified atom stereocenters. The van der Waals surface area contributed by atoms with Crippen molar-refractivity contribution in [3.8, 4) is 0 Å². The first-order valence-corrected chi connectivity index (χ1v) is 6.15. The predicted molar refractivity (Wildman–Crippen MR) is 64.6 cm³/mol. The molecule has 0 amide bonds. The summed E-state index contributed by atoms with van der Waals surface area (Å²) in [5, 5.41) is 0. The number of ether oxygens (including phenoxy) is 1. The first kappa shape index (κ1) is 11.1. The maximum Gasteiger partial charge on any atom is 0.0469 e. The van der Waals surface area contributed by atoms with E-state index >= 15 is 0 Å². The molecule has 15 heavy (non-hydrogen) atoms.